The molecule has 0 aliphatic carbocycles. The minimum absolute atomic E-state index is 0.0794. The van der Waals surface area contributed by atoms with Crippen LogP contribution in [0, 0.1) is 0 Å². The highest BCUT2D eigenvalue weighted by Crippen LogP contribution is 2.40. The Morgan fingerprint density at radius 3 is 2.46 bits per heavy atom. The van der Waals surface area contributed by atoms with Crippen molar-refractivity contribution in [1.29, 1.82) is 0 Å². The highest BCUT2D eigenvalue weighted by atomic mass is 32.2. The SMILES string of the molecule is O=C1CCC(Sc2cc(O)[nH]c2O)N1Cc1ccc(Oc2ccccc2)cc1. The molecule has 0 spiro atoms. The summed E-state index contributed by atoms with van der Waals surface area (Å²) in [6, 6.07) is 18.7. The third-order valence-corrected chi connectivity index (χ3v) is 5.87. The number of H-pyrrole nitrogens is 1. The average molecular weight is 396 g/mol. The number of aromatic hydroxyl groups is 2. The Bertz CT molecular complexity index is 956. The standard InChI is InChI=1S/C21H20N2O4S/c24-18-12-17(21(26)22-18)28-20-11-10-19(25)23(20)13-14-6-8-16(9-7-14)27-15-4-2-1-3-5-15/h1-9,12,20,22,24,26H,10-11,13H2. The average Bonchev–Trinajstić information content (AvgIpc) is 3.19. The number of ether oxygens (including phenoxy) is 1. The van der Waals surface area contributed by atoms with Crippen LogP contribution in [-0.2, 0) is 11.3 Å². The van der Waals surface area contributed by atoms with Gasteiger partial charge >= 0.3 is 0 Å². The highest BCUT2D eigenvalue weighted by Gasteiger charge is 2.32. The molecule has 6 nitrogen and oxygen atoms in total. The van der Waals surface area contributed by atoms with E-state index in [0.29, 0.717) is 24.3 Å². The van der Waals surface area contributed by atoms with Crippen LogP contribution in [0.15, 0.2) is 65.6 Å². The van der Waals surface area contributed by atoms with Gasteiger partial charge in [0.2, 0.25) is 11.8 Å². The molecule has 0 bridgehead atoms. The van der Waals surface area contributed by atoms with Gasteiger partial charge in [0, 0.05) is 19.0 Å². The molecule has 4 rings (SSSR count). The molecule has 144 valence electrons. The second kappa shape index (κ2) is 7.90. The van der Waals surface area contributed by atoms with Crippen LogP contribution >= 0.6 is 11.8 Å². The molecule has 2 aromatic carbocycles. The molecule has 1 aliphatic heterocycles. The highest BCUT2D eigenvalue weighted by molar-refractivity contribution is 8.00. The van der Waals surface area contributed by atoms with Gasteiger partial charge in [-0.05, 0) is 36.2 Å². The van der Waals surface area contributed by atoms with Gasteiger partial charge in [0.05, 0.1) is 10.3 Å². The lowest BCUT2D eigenvalue weighted by molar-refractivity contribution is -0.128. The van der Waals surface area contributed by atoms with Crippen LogP contribution in [0.2, 0.25) is 0 Å². The fraction of sp³-hybridized carbons (Fsp3) is 0.190. The van der Waals surface area contributed by atoms with Crippen molar-refractivity contribution < 1.29 is 19.7 Å². The van der Waals surface area contributed by atoms with Gasteiger partial charge in [-0.25, -0.2) is 0 Å². The fourth-order valence-electron chi connectivity index (χ4n) is 3.15. The molecule has 2 heterocycles. The van der Waals surface area contributed by atoms with E-state index in [1.54, 1.807) is 4.90 Å². The lowest BCUT2D eigenvalue weighted by Crippen LogP contribution is -2.30. The van der Waals surface area contributed by atoms with E-state index in [1.165, 1.54) is 17.8 Å². The third-order valence-electron chi connectivity index (χ3n) is 4.54. The maximum atomic E-state index is 12.3. The Labute approximate surface area is 166 Å². The predicted molar refractivity (Wildman–Crippen MR) is 107 cm³/mol. The largest absolute Gasteiger partial charge is 0.494 e. The smallest absolute Gasteiger partial charge is 0.223 e. The van der Waals surface area contributed by atoms with Crippen LogP contribution in [0.4, 0.5) is 0 Å². The van der Waals surface area contributed by atoms with Crippen LogP contribution in [0.5, 0.6) is 23.3 Å². The van der Waals surface area contributed by atoms with Crippen molar-refractivity contribution in [2.75, 3.05) is 0 Å². The van der Waals surface area contributed by atoms with Crippen molar-refractivity contribution in [2.45, 2.75) is 29.7 Å². The van der Waals surface area contributed by atoms with E-state index in [-0.39, 0.29) is 23.0 Å². The van der Waals surface area contributed by atoms with Gasteiger partial charge in [-0.1, -0.05) is 42.1 Å². The summed E-state index contributed by atoms with van der Waals surface area (Å²) in [6.07, 6.45) is 1.17. The number of aromatic nitrogens is 1. The zero-order chi connectivity index (χ0) is 19.5. The molecule has 1 fully saturated rings. The van der Waals surface area contributed by atoms with Crippen LogP contribution < -0.4 is 4.74 Å². The van der Waals surface area contributed by atoms with E-state index in [9.17, 15) is 15.0 Å². The van der Waals surface area contributed by atoms with Crippen molar-refractivity contribution in [1.82, 2.24) is 9.88 Å². The van der Waals surface area contributed by atoms with Gasteiger partial charge in [-0.3, -0.25) is 9.78 Å². The van der Waals surface area contributed by atoms with Crippen molar-refractivity contribution in [3.05, 3.63) is 66.2 Å². The predicted octanol–water partition coefficient (Wildman–Crippen LogP) is 4.46. The number of thioether (sulfide) groups is 1. The second-order valence-electron chi connectivity index (χ2n) is 6.56. The van der Waals surface area contributed by atoms with Crippen LogP contribution in [-0.4, -0.2) is 31.4 Å². The number of aromatic amines is 1. The minimum Gasteiger partial charge on any atom is -0.494 e. The zero-order valence-electron chi connectivity index (χ0n) is 15.0. The molecule has 28 heavy (non-hydrogen) atoms. The number of para-hydroxylation sites is 1. The second-order valence-corrected chi connectivity index (χ2v) is 7.78. The molecule has 1 saturated heterocycles. The van der Waals surface area contributed by atoms with Gasteiger partial charge in [0.1, 0.15) is 11.5 Å². The number of amides is 1. The summed E-state index contributed by atoms with van der Waals surface area (Å²) in [6.45, 7) is 0.485. The number of likely N-dealkylation sites (tertiary alicyclic amines) is 1. The maximum Gasteiger partial charge on any atom is 0.223 e. The van der Waals surface area contributed by atoms with E-state index in [4.69, 9.17) is 4.74 Å². The van der Waals surface area contributed by atoms with Gasteiger partial charge in [0.15, 0.2) is 5.88 Å². The van der Waals surface area contributed by atoms with Crippen molar-refractivity contribution in [3.8, 4) is 23.3 Å². The maximum absolute atomic E-state index is 12.3. The monoisotopic (exact) mass is 396 g/mol. The van der Waals surface area contributed by atoms with E-state index in [1.807, 2.05) is 54.6 Å². The molecular formula is C21H20N2O4S. The Morgan fingerprint density at radius 2 is 1.79 bits per heavy atom. The Hall–Kier alpha value is -3.06. The fourth-order valence-corrected chi connectivity index (χ4v) is 4.34. The number of benzene rings is 2. The van der Waals surface area contributed by atoms with Crippen LogP contribution in [0.25, 0.3) is 0 Å². The number of hydrogen-bond acceptors (Lipinski definition) is 5. The minimum atomic E-state index is -0.0927. The number of rotatable bonds is 6. The molecule has 1 unspecified atom stereocenters. The first kappa shape index (κ1) is 18.3. The number of nitrogens with zero attached hydrogens (tertiary/aromatic N) is 1. The first-order chi connectivity index (χ1) is 13.6. The quantitative estimate of drug-likeness (QED) is 0.573. The summed E-state index contributed by atoms with van der Waals surface area (Å²) in [5.74, 6) is 1.42. The first-order valence-electron chi connectivity index (χ1n) is 8.97. The van der Waals surface area contributed by atoms with Crippen molar-refractivity contribution in [3.63, 3.8) is 0 Å². The molecule has 1 aliphatic rings. The van der Waals surface area contributed by atoms with Crippen molar-refractivity contribution >= 4 is 17.7 Å². The van der Waals surface area contributed by atoms with E-state index in [2.05, 4.69) is 4.98 Å². The lowest BCUT2D eigenvalue weighted by Gasteiger charge is -2.24. The van der Waals surface area contributed by atoms with Gasteiger partial charge in [-0.2, -0.15) is 0 Å². The summed E-state index contributed by atoms with van der Waals surface area (Å²) >= 11 is 1.37. The number of carbonyl (C=O) groups excluding carboxylic acids is 1. The molecule has 1 aromatic heterocycles. The Balaban J connectivity index is 1.43. The zero-order valence-corrected chi connectivity index (χ0v) is 15.9. The van der Waals surface area contributed by atoms with Crippen LogP contribution in [0.1, 0.15) is 18.4 Å². The van der Waals surface area contributed by atoms with Gasteiger partial charge in [-0.15, -0.1) is 0 Å². The molecule has 1 atom stereocenters. The van der Waals surface area contributed by atoms with Crippen molar-refractivity contribution in [2.24, 2.45) is 0 Å². The first-order valence-corrected chi connectivity index (χ1v) is 9.85. The summed E-state index contributed by atoms with van der Waals surface area (Å²) < 4.78 is 5.80. The summed E-state index contributed by atoms with van der Waals surface area (Å²) in [5.41, 5.74) is 1.00. The molecule has 0 radical (unpaired) electrons. The molecule has 1 amide bonds. The summed E-state index contributed by atoms with van der Waals surface area (Å²) in [7, 11) is 0. The third kappa shape index (κ3) is 4.09. The number of hydrogen-bond donors (Lipinski definition) is 3. The molecule has 0 saturated carbocycles. The Kier molecular flexibility index (Phi) is 5.16. The molecule has 3 aromatic rings. The van der Waals surface area contributed by atoms with E-state index < -0.39 is 0 Å². The molecular weight excluding hydrogens is 376 g/mol. The van der Waals surface area contributed by atoms with Gasteiger partial charge in [0.25, 0.3) is 0 Å². The lowest BCUT2D eigenvalue weighted by atomic mass is 10.2. The Morgan fingerprint density at radius 1 is 1.07 bits per heavy atom. The molecule has 7 heteroatoms. The van der Waals surface area contributed by atoms with E-state index >= 15 is 0 Å². The van der Waals surface area contributed by atoms with Gasteiger partial charge < -0.3 is 19.8 Å². The summed E-state index contributed by atoms with van der Waals surface area (Å²) in [4.78, 5) is 17.1. The molecule has 3 N–H and O–H groups in total. The van der Waals surface area contributed by atoms with Crippen LogP contribution in [0.3, 0.4) is 0 Å². The number of carbonyl (C=O) groups is 1. The van der Waals surface area contributed by atoms with E-state index in [0.717, 1.165) is 17.1 Å². The normalized spacial score (nSPS) is 16.5. The topological polar surface area (TPSA) is 85.8 Å². The number of nitrogens with one attached hydrogen (secondary N) is 1. The summed E-state index contributed by atoms with van der Waals surface area (Å²) in [5, 5.41) is 19.2.